The molecule has 1 aromatic carbocycles. The molecule has 1 saturated carbocycles. The number of nitrogens with zero attached hydrogens (tertiary/aromatic N) is 6. The molecule has 2 unspecified atom stereocenters. The quantitative estimate of drug-likeness (QED) is 0.251. The molecule has 12 heteroatoms. The van der Waals surface area contributed by atoms with Crippen molar-refractivity contribution in [3.8, 4) is 17.9 Å². The Balaban J connectivity index is 0.000000334. The molecule has 6 heterocycles. The lowest BCUT2D eigenvalue weighted by Crippen LogP contribution is -2.27. The van der Waals surface area contributed by atoms with Gasteiger partial charge in [0.25, 0.3) is 5.91 Å². The van der Waals surface area contributed by atoms with Crippen LogP contribution in [0.2, 0.25) is 0 Å². The molecule has 3 fully saturated rings. The highest BCUT2D eigenvalue weighted by Gasteiger charge is 2.35. The lowest BCUT2D eigenvalue weighted by atomic mass is 9.92. The highest BCUT2D eigenvalue weighted by Crippen LogP contribution is 2.51. The number of aromatic nitrogens is 4. The van der Waals surface area contributed by atoms with Crippen molar-refractivity contribution in [3.63, 3.8) is 0 Å². The fraction of sp³-hybridized carbons (Fsp3) is 0.526. The first-order chi connectivity index (χ1) is 24.3. The lowest BCUT2D eigenvalue weighted by Gasteiger charge is -2.31. The van der Waals surface area contributed by atoms with Crippen LogP contribution in [-0.2, 0) is 25.3 Å². The number of halogens is 1. The van der Waals surface area contributed by atoms with Crippen molar-refractivity contribution in [2.45, 2.75) is 94.8 Å². The van der Waals surface area contributed by atoms with E-state index in [1.807, 2.05) is 36.4 Å². The number of hydrogen-bond donors (Lipinski definition) is 2. The van der Waals surface area contributed by atoms with Crippen molar-refractivity contribution in [3.05, 3.63) is 68.9 Å². The molecular weight excluding hydrogens is 652 g/mol. The summed E-state index contributed by atoms with van der Waals surface area (Å²) in [5, 5.41) is 7.57. The molecule has 50 heavy (non-hydrogen) atoms. The summed E-state index contributed by atoms with van der Waals surface area (Å²) >= 11 is 1.93. The number of aryl methyl sites for hydroxylation is 1. The van der Waals surface area contributed by atoms with E-state index in [-0.39, 0.29) is 11.2 Å². The van der Waals surface area contributed by atoms with E-state index in [9.17, 15) is 9.18 Å². The van der Waals surface area contributed by atoms with Crippen LogP contribution in [0.25, 0.3) is 0 Å². The van der Waals surface area contributed by atoms with Gasteiger partial charge in [-0.05, 0) is 93.7 Å². The van der Waals surface area contributed by atoms with Gasteiger partial charge in [-0.2, -0.15) is 15.1 Å². The smallest absolute Gasteiger partial charge is 0.318 e. The van der Waals surface area contributed by atoms with E-state index in [0.717, 1.165) is 96.1 Å². The molecule has 0 bridgehead atoms. The van der Waals surface area contributed by atoms with Gasteiger partial charge in [-0.25, -0.2) is 4.39 Å². The number of fused-ring (bicyclic) bond motifs is 3. The molecule has 3 aromatic rings. The van der Waals surface area contributed by atoms with E-state index in [1.165, 1.54) is 43.4 Å². The first-order valence-electron chi connectivity index (χ1n) is 17.8. The van der Waals surface area contributed by atoms with E-state index in [0.29, 0.717) is 30.2 Å². The summed E-state index contributed by atoms with van der Waals surface area (Å²) in [6.07, 6.45) is 8.44. The Kier molecular flexibility index (Phi) is 10.1. The highest BCUT2D eigenvalue weighted by molar-refractivity contribution is 7.98. The highest BCUT2D eigenvalue weighted by atomic mass is 32.2. The number of amides is 1. The number of thioether (sulfide) groups is 1. The van der Waals surface area contributed by atoms with Crippen LogP contribution in [0.15, 0.2) is 24.0 Å². The van der Waals surface area contributed by atoms with Gasteiger partial charge in [0.1, 0.15) is 5.82 Å². The van der Waals surface area contributed by atoms with E-state index in [1.54, 1.807) is 14.2 Å². The van der Waals surface area contributed by atoms with Crippen molar-refractivity contribution < 1.29 is 13.9 Å². The molecule has 0 radical (unpaired) electrons. The molecule has 0 spiro atoms. The zero-order valence-electron chi connectivity index (χ0n) is 29.5. The minimum Gasteiger partial charge on any atom is -0.467 e. The van der Waals surface area contributed by atoms with Gasteiger partial charge in [-0.1, -0.05) is 5.92 Å². The predicted molar refractivity (Wildman–Crippen MR) is 196 cm³/mol. The first-order valence-corrected chi connectivity index (χ1v) is 18.8. The third-order valence-corrected chi connectivity index (χ3v) is 11.9. The standard InChI is InChI=1S/C30H35N7O2S.C8H12FN/c1-5-7-19-12-20(31)13-21(26(19)18-8-9-18)25-14-23-22(16-40-25)28(34-30(33-23)39-4)36-10-6-11-37-24(15-36)17(2)27(35-37)29(38)32-3;9-5-7-4-8-2-1-3-10(8)6-7/h12-13,18,25H,6,8-11,14-16,31H2,1-4H3,(H,32,38);5,8H,1-4,6H2/b;7-5-. The predicted octanol–water partition coefficient (Wildman–Crippen LogP) is 5.83. The maximum atomic E-state index is 12.4. The molecule has 2 aromatic heterocycles. The van der Waals surface area contributed by atoms with E-state index in [4.69, 9.17) is 20.4 Å². The average Bonchev–Trinajstić information content (AvgIpc) is 3.70. The number of anilines is 2. The van der Waals surface area contributed by atoms with Crippen molar-refractivity contribution in [2.24, 2.45) is 0 Å². The van der Waals surface area contributed by atoms with Crippen LogP contribution in [0.4, 0.5) is 15.9 Å². The second kappa shape index (κ2) is 14.6. The fourth-order valence-electron chi connectivity index (χ4n) is 8.01. The van der Waals surface area contributed by atoms with Gasteiger partial charge < -0.3 is 20.7 Å². The Morgan fingerprint density at radius 2 is 1.98 bits per heavy atom. The topological polar surface area (TPSA) is 114 Å². The number of nitrogens with one attached hydrogen (secondary N) is 1. The van der Waals surface area contributed by atoms with Crippen molar-refractivity contribution >= 4 is 29.2 Å². The number of nitrogens with two attached hydrogens (primary N) is 1. The minimum absolute atomic E-state index is 0.159. The van der Waals surface area contributed by atoms with Crippen LogP contribution in [-0.4, -0.2) is 70.4 Å². The van der Waals surface area contributed by atoms with Crippen LogP contribution in [0.1, 0.15) is 106 Å². The average molecular weight is 699 g/mol. The van der Waals surface area contributed by atoms with Gasteiger partial charge in [-0.15, -0.1) is 17.7 Å². The Morgan fingerprint density at radius 1 is 1.14 bits per heavy atom. The van der Waals surface area contributed by atoms with E-state index in [2.05, 4.69) is 38.1 Å². The maximum Gasteiger partial charge on any atom is 0.318 e. The number of nitrogen functional groups attached to an aromatic ring is 1. The van der Waals surface area contributed by atoms with E-state index >= 15 is 0 Å². The zero-order valence-corrected chi connectivity index (χ0v) is 30.3. The van der Waals surface area contributed by atoms with Crippen molar-refractivity contribution in [1.29, 1.82) is 0 Å². The zero-order chi connectivity index (χ0) is 34.9. The monoisotopic (exact) mass is 698 g/mol. The van der Waals surface area contributed by atoms with Gasteiger partial charge in [0.15, 0.2) is 5.69 Å². The number of hydrogen-bond acceptors (Lipinski definition) is 9. The second-order valence-corrected chi connectivity index (χ2v) is 15.1. The fourth-order valence-corrected chi connectivity index (χ4v) is 9.33. The van der Waals surface area contributed by atoms with E-state index < -0.39 is 0 Å². The third-order valence-electron chi connectivity index (χ3n) is 10.6. The molecule has 1 aliphatic carbocycles. The number of carbonyl (C=O) groups is 1. The van der Waals surface area contributed by atoms with Crippen LogP contribution in [0, 0.1) is 18.8 Å². The molecule has 264 valence electrons. The Bertz CT molecular complexity index is 1860. The number of benzene rings is 1. The summed E-state index contributed by atoms with van der Waals surface area (Å²) < 4.78 is 19.6. The SMILES string of the molecule is CC#Cc1cc(N)cc(C2Cc3nc(OC)nc(N4CCCn5nc(C(=O)NC)c(C)c5C4)c3CS2)c1C1CC1.F/C=C1/CC2CCCN2C1. The summed E-state index contributed by atoms with van der Waals surface area (Å²) in [6.45, 7) is 8.14. The van der Waals surface area contributed by atoms with Crippen molar-refractivity contribution in [1.82, 2.24) is 30.0 Å². The van der Waals surface area contributed by atoms with Gasteiger partial charge >= 0.3 is 6.01 Å². The summed E-state index contributed by atoms with van der Waals surface area (Å²) in [6, 6.07) is 5.24. The molecule has 3 N–H and O–H groups in total. The van der Waals surface area contributed by atoms with Gasteiger partial charge in [0, 0.05) is 72.5 Å². The Morgan fingerprint density at radius 3 is 2.70 bits per heavy atom. The van der Waals surface area contributed by atoms with Gasteiger partial charge in [0.05, 0.1) is 31.4 Å². The first kappa shape index (κ1) is 34.4. The van der Waals surface area contributed by atoms with Gasteiger partial charge in [0.2, 0.25) is 0 Å². The number of rotatable bonds is 5. The summed E-state index contributed by atoms with van der Waals surface area (Å²) in [4.78, 5) is 26.8. The van der Waals surface area contributed by atoms with Crippen LogP contribution in [0.3, 0.4) is 0 Å². The number of methoxy groups -OCH3 is 1. The minimum atomic E-state index is -0.159. The largest absolute Gasteiger partial charge is 0.467 e. The molecule has 2 saturated heterocycles. The lowest BCUT2D eigenvalue weighted by molar-refractivity contribution is 0.0956. The van der Waals surface area contributed by atoms with Crippen LogP contribution in [0.5, 0.6) is 6.01 Å². The molecule has 10 nitrogen and oxygen atoms in total. The molecule has 4 aliphatic heterocycles. The second-order valence-electron chi connectivity index (χ2n) is 13.9. The van der Waals surface area contributed by atoms with Gasteiger partial charge in [-0.3, -0.25) is 14.4 Å². The maximum absolute atomic E-state index is 12.4. The molecule has 1 amide bonds. The normalized spacial score (nSPS) is 22.0. The number of ether oxygens (including phenoxy) is 1. The molecular formula is C38H47FN8O2S. The summed E-state index contributed by atoms with van der Waals surface area (Å²) in [5.74, 6) is 8.51. The Hall–Kier alpha value is -4.08. The molecule has 8 rings (SSSR count). The van der Waals surface area contributed by atoms with Crippen LogP contribution < -0.4 is 20.7 Å². The summed E-state index contributed by atoms with van der Waals surface area (Å²) in [5.41, 5.74) is 16.5. The number of carbonyl (C=O) groups excluding carboxylic acids is 1. The molecule has 2 atom stereocenters. The summed E-state index contributed by atoms with van der Waals surface area (Å²) in [7, 11) is 3.26. The molecule has 5 aliphatic rings. The Labute approximate surface area is 298 Å². The third kappa shape index (κ3) is 6.82. The van der Waals surface area contributed by atoms with Crippen molar-refractivity contribution in [2.75, 3.05) is 44.4 Å². The van der Waals surface area contributed by atoms with Crippen LogP contribution >= 0.6 is 11.8 Å².